The summed E-state index contributed by atoms with van der Waals surface area (Å²) in [5, 5.41) is 17.5. The Morgan fingerprint density at radius 2 is 2.07 bits per heavy atom. The molecule has 2 heterocycles. The summed E-state index contributed by atoms with van der Waals surface area (Å²) in [4.78, 5) is 38.1. The molecule has 0 saturated carbocycles. The Morgan fingerprint density at radius 1 is 1.34 bits per heavy atom. The minimum atomic E-state index is -1.53. The number of rotatable bonds is 6. The first-order valence-corrected chi connectivity index (χ1v) is 10.1. The maximum atomic E-state index is 12.7. The fraction of sp³-hybridized carbons (Fsp3) is 0.250. The third-order valence-electron chi connectivity index (χ3n) is 4.53. The maximum Gasteiger partial charge on any atom is 0.327 e. The average molecular weight is 431 g/mol. The molecule has 2 atom stereocenters. The molecule has 29 heavy (non-hydrogen) atoms. The molecule has 2 unspecified atom stereocenters. The molecular weight excluding hydrogens is 412 g/mol. The number of fused-ring (bicyclic) bond motifs is 1. The average Bonchev–Trinajstić information content (AvgIpc) is 2.97. The van der Waals surface area contributed by atoms with Gasteiger partial charge in [-0.15, -0.1) is 5.73 Å². The maximum absolute atomic E-state index is 12.7. The van der Waals surface area contributed by atoms with Crippen molar-refractivity contribution in [3.8, 4) is 0 Å². The highest BCUT2D eigenvalue weighted by Gasteiger charge is 2.43. The van der Waals surface area contributed by atoms with Crippen molar-refractivity contribution in [2.75, 3.05) is 11.4 Å². The van der Waals surface area contributed by atoms with Crippen LogP contribution in [0.4, 0.5) is 5.69 Å². The van der Waals surface area contributed by atoms with Gasteiger partial charge in [-0.1, -0.05) is 42.2 Å². The number of aliphatic carboxylic acids is 2. The van der Waals surface area contributed by atoms with Gasteiger partial charge < -0.3 is 15.1 Å². The Bertz CT molecular complexity index is 981. The minimum Gasteiger partial charge on any atom is -0.481 e. The Morgan fingerprint density at radius 3 is 2.72 bits per heavy atom. The lowest BCUT2D eigenvalue weighted by molar-refractivity contribution is -0.150. The molecule has 7 nitrogen and oxygen atoms in total. The van der Waals surface area contributed by atoms with Crippen molar-refractivity contribution in [1.29, 1.82) is 0 Å². The van der Waals surface area contributed by atoms with Gasteiger partial charge in [-0.2, -0.15) is 0 Å². The number of carboxylic acids is 2. The van der Waals surface area contributed by atoms with Crippen LogP contribution < -0.4 is 4.90 Å². The fourth-order valence-electron chi connectivity index (χ4n) is 3.14. The number of carbonyl (C=O) groups is 3. The first kappa shape index (κ1) is 20.9. The molecule has 2 aliphatic rings. The van der Waals surface area contributed by atoms with Crippen LogP contribution in [-0.2, 0) is 14.4 Å². The van der Waals surface area contributed by atoms with Gasteiger partial charge >= 0.3 is 11.9 Å². The van der Waals surface area contributed by atoms with Crippen LogP contribution in [0.2, 0.25) is 0 Å². The van der Waals surface area contributed by atoms with Gasteiger partial charge in [-0.25, -0.2) is 4.79 Å². The van der Waals surface area contributed by atoms with Gasteiger partial charge in [0.05, 0.1) is 6.42 Å². The van der Waals surface area contributed by atoms with E-state index in [9.17, 15) is 19.5 Å². The number of anilines is 1. The van der Waals surface area contributed by atoms with E-state index < -0.39 is 35.6 Å². The predicted octanol–water partition coefficient (Wildman–Crippen LogP) is 2.74. The van der Waals surface area contributed by atoms with Crippen LogP contribution in [0.5, 0.6) is 0 Å². The van der Waals surface area contributed by atoms with E-state index in [1.165, 1.54) is 0 Å². The van der Waals surface area contributed by atoms with Crippen molar-refractivity contribution in [3.63, 3.8) is 0 Å². The Hall–Kier alpha value is -2.87. The molecule has 0 aromatic heterocycles. The summed E-state index contributed by atoms with van der Waals surface area (Å²) in [6.45, 7) is 2.86. The van der Waals surface area contributed by atoms with Crippen molar-refractivity contribution in [2.45, 2.75) is 24.6 Å². The van der Waals surface area contributed by atoms with Crippen LogP contribution >= 0.6 is 24.0 Å². The number of thioether (sulfide) groups is 1. The molecule has 0 radical (unpaired) electrons. The molecule has 1 amide bonds. The van der Waals surface area contributed by atoms with Crippen LogP contribution in [0, 0.1) is 0 Å². The van der Waals surface area contributed by atoms with Gasteiger partial charge in [0.15, 0.2) is 0 Å². The molecule has 0 bridgehead atoms. The quantitative estimate of drug-likeness (QED) is 0.525. The number of nitrogens with zero attached hydrogens (tertiary/aromatic N) is 2. The van der Waals surface area contributed by atoms with Gasteiger partial charge in [0.2, 0.25) is 5.91 Å². The molecule has 1 fully saturated rings. The first-order valence-electron chi connectivity index (χ1n) is 8.82. The molecule has 150 valence electrons. The summed E-state index contributed by atoms with van der Waals surface area (Å²) in [6.07, 6.45) is 4.67. The smallest absolute Gasteiger partial charge is 0.327 e. The summed E-state index contributed by atoms with van der Waals surface area (Å²) < 4.78 is 0.0495. The molecule has 1 saturated heterocycles. The van der Waals surface area contributed by atoms with Crippen molar-refractivity contribution in [1.82, 2.24) is 4.90 Å². The van der Waals surface area contributed by atoms with E-state index in [1.54, 1.807) is 6.08 Å². The number of para-hydroxylation sites is 1. The van der Waals surface area contributed by atoms with E-state index in [0.717, 1.165) is 40.0 Å². The molecule has 9 heteroatoms. The summed E-state index contributed by atoms with van der Waals surface area (Å²) in [5.41, 5.74) is 5.93. The van der Waals surface area contributed by atoms with Crippen LogP contribution in [0.3, 0.4) is 0 Å². The molecule has 2 N–H and O–H groups in total. The molecule has 1 aromatic rings. The zero-order chi connectivity index (χ0) is 21.1. The summed E-state index contributed by atoms with van der Waals surface area (Å²) in [6, 6.07) is 6.30. The van der Waals surface area contributed by atoms with Gasteiger partial charge in [-0.05, 0) is 25.1 Å². The highest BCUT2D eigenvalue weighted by molar-refractivity contribution is 8.24. The van der Waals surface area contributed by atoms with Crippen LogP contribution in [0.25, 0.3) is 5.57 Å². The SMILES string of the molecule is CCN1C=CC(=C=CC2SC(=S)N(C(CC(=O)O)C(=O)O)C2=O)c2ccccc21. The Kier molecular flexibility index (Phi) is 6.22. The largest absolute Gasteiger partial charge is 0.481 e. The van der Waals surface area contributed by atoms with E-state index in [2.05, 4.69) is 10.6 Å². The van der Waals surface area contributed by atoms with Crippen LogP contribution in [0.15, 0.2) is 48.3 Å². The second-order valence-corrected chi connectivity index (χ2v) is 8.08. The molecule has 3 rings (SSSR count). The van der Waals surface area contributed by atoms with Crippen molar-refractivity contribution in [3.05, 3.63) is 53.9 Å². The van der Waals surface area contributed by atoms with E-state index in [0.29, 0.717) is 0 Å². The number of hydrogen-bond acceptors (Lipinski definition) is 6. The van der Waals surface area contributed by atoms with Gasteiger partial charge in [0, 0.05) is 29.6 Å². The van der Waals surface area contributed by atoms with Crippen LogP contribution in [0.1, 0.15) is 18.9 Å². The van der Waals surface area contributed by atoms with Gasteiger partial charge in [0.25, 0.3) is 0 Å². The summed E-state index contributed by atoms with van der Waals surface area (Å²) in [7, 11) is 0. The lowest BCUT2D eigenvalue weighted by Crippen LogP contribution is -2.46. The molecule has 0 aliphatic carbocycles. The van der Waals surface area contributed by atoms with E-state index >= 15 is 0 Å². The second kappa shape index (κ2) is 8.65. The van der Waals surface area contributed by atoms with Crippen molar-refractivity contribution in [2.24, 2.45) is 0 Å². The van der Waals surface area contributed by atoms with Gasteiger partial charge in [0.1, 0.15) is 15.6 Å². The number of benzene rings is 1. The fourth-order valence-corrected chi connectivity index (χ4v) is 4.56. The lowest BCUT2D eigenvalue weighted by atomic mass is 10.0. The first-order chi connectivity index (χ1) is 13.8. The van der Waals surface area contributed by atoms with E-state index in [-0.39, 0.29) is 4.32 Å². The normalized spacial score (nSPS) is 19.1. The monoisotopic (exact) mass is 430 g/mol. The summed E-state index contributed by atoms with van der Waals surface area (Å²) >= 11 is 6.16. The number of thiocarbonyl (C=S) groups is 1. The number of allylic oxidation sites excluding steroid dienone is 1. The Balaban J connectivity index is 1.90. The van der Waals surface area contributed by atoms with Crippen molar-refractivity contribution >= 4 is 57.4 Å². The number of carboxylic acid groups (broad SMARTS) is 2. The second-order valence-electron chi connectivity index (χ2n) is 6.31. The zero-order valence-electron chi connectivity index (χ0n) is 15.4. The zero-order valence-corrected chi connectivity index (χ0v) is 17.1. The minimum absolute atomic E-state index is 0.0495. The third-order valence-corrected chi connectivity index (χ3v) is 6.00. The van der Waals surface area contributed by atoms with Gasteiger partial charge in [-0.3, -0.25) is 14.5 Å². The van der Waals surface area contributed by atoms with E-state index in [4.69, 9.17) is 17.3 Å². The number of hydrogen-bond donors (Lipinski definition) is 2. The molecule has 2 aliphatic heterocycles. The van der Waals surface area contributed by atoms with Crippen molar-refractivity contribution < 1.29 is 24.6 Å². The number of carbonyl (C=O) groups excluding carboxylic acids is 1. The predicted molar refractivity (Wildman–Crippen MR) is 115 cm³/mol. The Labute approximate surface area is 177 Å². The van der Waals surface area contributed by atoms with E-state index in [1.807, 2.05) is 43.5 Å². The lowest BCUT2D eigenvalue weighted by Gasteiger charge is -2.25. The molecule has 0 spiro atoms. The summed E-state index contributed by atoms with van der Waals surface area (Å²) in [5.74, 6) is -3.27. The highest BCUT2D eigenvalue weighted by Crippen LogP contribution is 2.34. The third kappa shape index (κ3) is 4.27. The number of amides is 1. The molecular formula is C20H18N2O5S2. The standard InChI is InChI=1S/C20H18N2O5S2/c1-2-21-10-9-12(13-5-3-4-6-14(13)21)7-8-16-18(25)22(20(28)29-16)15(19(26)27)11-17(23)24/h3-6,8-10,15-16H,2,11H2,1H3,(H,23,24)(H,26,27). The highest BCUT2D eigenvalue weighted by atomic mass is 32.2. The topological polar surface area (TPSA) is 98.2 Å². The van der Waals surface area contributed by atoms with Crippen LogP contribution in [-0.4, -0.2) is 55.1 Å². The molecule has 1 aromatic carbocycles.